The molecule has 1 N–H and O–H groups in total. The van der Waals surface area contributed by atoms with Crippen molar-refractivity contribution >= 4 is 11.3 Å². The summed E-state index contributed by atoms with van der Waals surface area (Å²) in [5.41, 5.74) is 1.30. The van der Waals surface area contributed by atoms with Gasteiger partial charge in [-0.05, 0) is 47.1 Å². The Morgan fingerprint density at radius 3 is 2.94 bits per heavy atom. The van der Waals surface area contributed by atoms with Gasteiger partial charge < -0.3 is 5.11 Å². The van der Waals surface area contributed by atoms with Crippen LogP contribution in [0.5, 0.6) is 0 Å². The van der Waals surface area contributed by atoms with E-state index in [1.807, 2.05) is 0 Å². The van der Waals surface area contributed by atoms with Crippen LogP contribution < -0.4 is 0 Å². The van der Waals surface area contributed by atoms with E-state index >= 15 is 0 Å². The highest BCUT2D eigenvalue weighted by molar-refractivity contribution is 7.07. The molecule has 1 saturated carbocycles. The molecule has 1 aromatic rings. The van der Waals surface area contributed by atoms with Crippen molar-refractivity contribution < 1.29 is 5.11 Å². The summed E-state index contributed by atoms with van der Waals surface area (Å²) in [5, 5.41) is 14.6. The Labute approximate surface area is 103 Å². The van der Waals surface area contributed by atoms with Crippen LogP contribution in [0.4, 0.5) is 0 Å². The van der Waals surface area contributed by atoms with Gasteiger partial charge in [-0.1, -0.05) is 32.6 Å². The molecule has 0 amide bonds. The van der Waals surface area contributed by atoms with E-state index in [-0.39, 0.29) is 6.10 Å². The Bertz CT molecular complexity index is 294. The molecule has 3 unspecified atom stereocenters. The van der Waals surface area contributed by atoms with Gasteiger partial charge in [0.05, 0.1) is 6.10 Å². The third kappa shape index (κ3) is 2.86. The molecule has 1 heterocycles. The summed E-state index contributed by atoms with van der Waals surface area (Å²) in [7, 11) is 0. The highest BCUT2D eigenvalue weighted by Crippen LogP contribution is 2.35. The fourth-order valence-electron chi connectivity index (χ4n) is 3.05. The summed E-state index contributed by atoms with van der Waals surface area (Å²) < 4.78 is 0. The largest absolute Gasteiger partial charge is 0.392 e. The summed E-state index contributed by atoms with van der Waals surface area (Å²) in [5.74, 6) is 1.29. The third-order valence-corrected chi connectivity index (χ3v) is 4.74. The fraction of sp³-hybridized carbons (Fsp3) is 0.714. The van der Waals surface area contributed by atoms with Gasteiger partial charge in [-0.15, -0.1) is 0 Å². The van der Waals surface area contributed by atoms with Crippen LogP contribution in [0.3, 0.4) is 0 Å². The number of aliphatic hydroxyl groups excluding tert-OH is 1. The first-order valence-corrected chi connectivity index (χ1v) is 7.44. The Kier molecular flexibility index (Phi) is 4.42. The van der Waals surface area contributed by atoms with Crippen molar-refractivity contribution in [3.63, 3.8) is 0 Å². The van der Waals surface area contributed by atoms with Crippen LogP contribution in [0, 0.1) is 11.8 Å². The van der Waals surface area contributed by atoms with Crippen molar-refractivity contribution in [1.29, 1.82) is 0 Å². The van der Waals surface area contributed by atoms with Crippen molar-refractivity contribution in [2.24, 2.45) is 11.8 Å². The lowest BCUT2D eigenvalue weighted by Crippen LogP contribution is -2.31. The van der Waals surface area contributed by atoms with E-state index in [1.54, 1.807) is 11.3 Å². The first kappa shape index (κ1) is 12.1. The summed E-state index contributed by atoms with van der Waals surface area (Å²) >= 11 is 1.72. The minimum atomic E-state index is -0.125. The van der Waals surface area contributed by atoms with Gasteiger partial charge in [-0.3, -0.25) is 0 Å². The second-order valence-electron chi connectivity index (χ2n) is 5.02. The van der Waals surface area contributed by atoms with Crippen molar-refractivity contribution in [1.82, 2.24) is 0 Å². The molecule has 1 fully saturated rings. The van der Waals surface area contributed by atoms with Crippen LogP contribution in [-0.4, -0.2) is 11.2 Å². The van der Waals surface area contributed by atoms with Crippen LogP contribution in [0.25, 0.3) is 0 Å². The van der Waals surface area contributed by atoms with E-state index in [2.05, 4.69) is 23.8 Å². The first-order valence-electron chi connectivity index (χ1n) is 6.50. The summed E-state index contributed by atoms with van der Waals surface area (Å²) in [4.78, 5) is 0. The van der Waals surface area contributed by atoms with Gasteiger partial charge in [0.15, 0.2) is 0 Å². The van der Waals surface area contributed by atoms with Gasteiger partial charge in [0.2, 0.25) is 0 Å². The van der Waals surface area contributed by atoms with E-state index in [4.69, 9.17) is 0 Å². The van der Waals surface area contributed by atoms with Gasteiger partial charge in [-0.2, -0.15) is 11.3 Å². The van der Waals surface area contributed by atoms with Crippen LogP contribution in [0.1, 0.15) is 44.6 Å². The molecule has 0 saturated heterocycles. The zero-order valence-electron chi connectivity index (χ0n) is 10.1. The number of hydrogen-bond acceptors (Lipinski definition) is 2. The molecule has 90 valence electrons. The third-order valence-electron chi connectivity index (χ3n) is 4.01. The second-order valence-corrected chi connectivity index (χ2v) is 5.80. The van der Waals surface area contributed by atoms with Gasteiger partial charge in [-0.25, -0.2) is 0 Å². The Hall–Kier alpha value is -0.340. The van der Waals surface area contributed by atoms with Gasteiger partial charge in [0.1, 0.15) is 0 Å². The van der Waals surface area contributed by atoms with Crippen molar-refractivity contribution in [2.75, 3.05) is 0 Å². The summed E-state index contributed by atoms with van der Waals surface area (Å²) in [6.07, 6.45) is 7.17. The maximum atomic E-state index is 10.4. The zero-order valence-corrected chi connectivity index (χ0v) is 10.9. The SMILES string of the molecule is CCC1CCCCC1C(O)Cc1ccsc1. The Morgan fingerprint density at radius 1 is 1.44 bits per heavy atom. The zero-order chi connectivity index (χ0) is 11.4. The number of thiophene rings is 1. The molecule has 0 bridgehead atoms. The highest BCUT2D eigenvalue weighted by atomic mass is 32.1. The van der Waals surface area contributed by atoms with E-state index in [1.165, 1.54) is 37.7 Å². The van der Waals surface area contributed by atoms with Gasteiger partial charge >= 0.3 is 0 Å². The predicted octanol–water partition coefficient (Wildman–Crippen LogP) is 3.87. The molecule has 1 aliphatic carbocycles. The minimum absolute atomic E-state index is 0.125. The highest BCUT2D eigenvalue weighted by Gasteiger charge is 2.29. The Balaban J connectivity index is 1.94. The van der Waals surface area contributed by atoms with Gasteiger partial charge in [0.25, 0.3) is 0 Å². The quantitative estimate of drug-likeness (QED) is 0.844. The topological polar surface area (TPSA) is 20.2 Å². The molecule has 0 radical (unpaired) electrons. The molecule has 2 rings (SSSR count). The normalized spacial score (nSPS) is 27.9. The molecular weight excluding hydrogens is 216 g/mol. The molecule has 2 heteroatoms. The summed E-state index contributed by atoms with van der Waals surface area (Å²) in [6, 6.07) is 2.14. The maximum Gasteiger partial charge on any atom is 0.0611 e. The molecule has 3 atom stereocenters. The van der Waals surface area contributed by atoms with Crippen LogP contribution in [0.15, 0.2) is 16.8 Å². The van der Waals surface area contributed by atoms with E-state index < -0.39 is 0 Å². The number of hydrogen-bond donors (Lipinski definition) is 1. The number of rotatable bonds is 4. The monoisotopic (exact) mass is 238 g/mol. The van der Waals surface area contributed by atoms with Crippen molar-refractivity contribution in [2.45, 2.75) is 51.6 Å². The molecule has 0 aliphatic heterocycles. The second kappa shape index (κ2) is 5.83. The molecule has 16 heavy (non-hydrogen) atoms. The molecular formula is C14H22OS. The lowest BCUT2D eigenvalue weighted by Gasteiger charge is -2.34. The standard InChI is InChI=1S/C14H22OS/c1-2-12-5-3-4-6-13(12)14(15)9-11-7-8-16-10-11/h7-8,10,12-15H,2-6,9H2,1H3. The molecule has 1 aromatic heterocycles. The number of aliphatic hydroxyl groups is 1. The average Bonchev–Trinajstić information content (AvgIpc) is 2.81. The smallest absolute Gasteiger partial charge is 0.0611 e. The molecule has 0 spiro atoms. The van der Waals surface area contributed by atoms with Crippen LogP contribution in [0.2, 0.25) is 0 Å². The first-order chi connectivity index (χ1) is 7.81. The van der Waals surface area contributed by atoms with Crippen LogP contribution in [-0.2, 0) is 6.42 Å². The van der Waals surface area contributed by atoms with Gasteiger partial charge in [0, 0.05) is 0 Å². The lowest BCUT2D eigenvalue weighted by molar-refractivity contribution is 0.0465. The summed E-state index contributed by atoms with van der Waals surface area (Å²) in [6.45, 7) is 2.26. The van der Waals surface area contributed by atoms with Crippen molar-refractivity contribution in [3.05, 3.63) is 22.4 Å². The predicted molar refractivity (Wildman–Crippen MR) is 69.8 cm³/mol. The fourth-order valence-corrected chi connectivity index (χ4v) is 3.73. The lowest BCUT2D eigenvalue weighted by atomic mass is 9.74. The van der Waals surface area contributed by atoms with E-state index in [9.17, 15) is 5.11 Å². The molecule has 0 aromatic carbocycles. The Morgan fingerprint density at radius 2 is 2.25 bits per heavy atom. The average molecular weight is 238 g/mol. The van der Waals surface area contributed by atoms with Crippen molar-refractivity contribution in [3.8, 4) is 0 Å². The van der Waals surface area contributed by atoms with E-state index in [0.29, 0.717) is 5.92 Å². The molecule has 1 aliphatic rings. The minimum Gasteiger partial charge on any atom is -0.392 e. The maximum absolute atomic E-state index is 10.4. The van der Waals surface area contributed by atoms with Crippen LogP contribution >= 0.6 is 11.3 Å². The van der Waals surface area contributed by atoms with E-state index in [0.717, 1.165) is 12.3 Å². The molecule has 1 nitrogen and oxygen atoms in total.